The quantitative estimate of drug-likeness (QED) is 0.767. The van der Waals surface area contributed by atoms with Gasteiger partial charge in [-0.1, -0.05) is 0 Å². The number of nitrogens with zero attached hydrogens (tertiary/aromatic N) is 3. The first-order chi connectivity index (χ1) is 7.31. The average Bonchev–Trinajstić information content (AvgIpc) is 2.78. The third-order valence-electron chi connectivity index (χ3n) is 1.78. The number of hydrogen-bond donors (Lipinski definition) is 1. The minimum Gasteiger partial charge on any atom is -0.325 e. The third kappa shape index (κ3) is 2.05. The van der Waals surface area contributed by atoms with Crippen LogP contribution in [-0.4, -0.2) is 20.7 Å². The Hall–Kier alpha value is -1.66. The maximum atomic E-state index is 11.8. The van der Waals surface area contributed by atoms with Crippen LogP contribution in [0, 0.1) is 0 Å². The van der Waals surface area contributed by atoms with Crippen molar-refractivity contribution in [2.45, 2.75) is 6.54 Å². The molecule has 0 saturated carbocycles. The van der Waals surface area contributed by atoms with E-state index in [1.165, 1.54) is 30.1 Å². The fraction of sp³-hybridized carbons (Fsp3) is 0.111. The highest BCUT2D eigenvalue weighted by Gasteiger charge is 2.12. The summed E-state index contributed by atoms with van der Waals surface area (Å²) in [5.41, 5.74) is 6.25. The van der Waals surface area contributed by atoms with Crippen molar-refractivity contribution in [1.29, 1.82) is 0 Å². The van der Waals surface area contributed by atoms with E-state index in [1.807, 2.05) is 0 Å². The molecule has 2 N–H and O–H groups in total. The normalized spacial score (nSPS) is 10.2. The summed E-state index contributed by atoms with van der Waals surface area (Å²) >= 11 is 1.37. The number of hydrogen-bond acceptors (Lipinski definition) is 6. The average molecular weight is 220 g/mol. The Morgan fingerprint density at radius 3 is 2.73 bits per heavy atom. The van der Waals surface area contributed by atoms with Crippen LogP contribution in [0.25, 0.3) is 0 Å². The van der Waals surface area contributed by atoms with Crippen LogP contribution >= 0.6 is 11.3 Å². The van der Waals surface area contributed by atoms with E-state index in [-0.39, 0.29) is 5.78 Å². The first-order valence-electron chi connectivity index (χ1n) is 4.25. The van der Waals surface area contributed by atoms with Gasteiger partial charge in [0, 0.05) is 24.3 Å². The Morgan fingerprint density at radius 2 is 2.13 bits per heavy atom. The second-order valence-corrected chi connectivity index (χ2v) is 3.73. The number of rotatable bonds is 3. The monoisotopic (exact) mass is 220 g/mol. The lowest BCUT2D eigenvalue weighted by atomic mass is 10.2. The van der Waals surface area contributed by atoms with Gasteiger partial charge in [0.05, 0.1) is 5.56 Å². The van der Waals surface area contributed by atoms with E-state index in [0.29, 0.717) is 17.8 Å². The van der Waals surface area contributed by atoms with Gasteiger partial charge in [0.2, 0.25) is 5.78 Å². The molecule has 0 unspecified atom stereocenters. The summed E-state index contributed by atoms with van der Waals surface area (Å²) in [5.74, 6) is -0.174. The first-order valence-corrected chi connectivity index (χ1v) is 5.13. The van der Waals surface area contributed by atoms with Gasteiger partial charge in [0.25, 0.3) is 0 Å². The van der Waals surface area contributed by atoms with Crippen molar-refractivity contribution in [3.63, 3.8) is 0 Å². The molecule has 0 aliphatic carbocycles. The molecule has 5 nitrogen and oxygen atoms in total. The minimum atomic E-state index is -0.174. The van der Waals surface area contributed by atoms with Gasteiger partial charge in [-0.2, -0.15) is 0 Å². The predicted molar refractivity (Wildman–Crippen MR) is 55.5 cm³/mol. The van der Waals surface area contributed by atoms with Gasteiger partial charge in [0.1, 0.15) is 17.0 Å². The van der Waals surface area contributed by atoms with E-state index < -0.39 is 0 Å². The molecule has 0 aliphatic rings. The van der Waals surface area contributed by atoms with Crippen molar-refractivity contribution in [3.05, 3.63) is 40.4 Å². The van der Waals surface area contributed by atoms with Gasteiger partial charge in [-0.25, -0.2) is 15.0 Å². The van der Waals surface area contributed by atoms with Crippen LogP contribution in [0.2, 0.25) is 0 Å². The number of carbonyl (C=O) groups is 1. The maximum Gasteiger partial charge on any atom is 0.215 e. The number of nitrogens with two attached hydrogens (primary N) is 1. The summed E-state index contributed by atoms with van der Waals surface area (Å²) in [6.07, 6.45) is 4.32. The lowest BCUT2D eigenvalue weighted by Crippen LogP contribution is -2.04. The largest absolute Gasteiger partial charge is 0.325 e. The first kappa shape index (κ1) is 9.88. The van der Waals surface area contributed by atoms with E-state index >= 15 is 0 Å². The SMILES string of the molecule is NCc1nc(C(=O)c2cncnc2)cs1. The molecule has 0 aliphatic heterocycles. The Kier molecular flexibility index (Phi) is 2.79. The van der Waals surface area contributed by atoms with E-state index in [1.54, 1.807) is 5.38 Å². The molecule has 0 amide bonds. The van der Waals surface area contributed by atoms with Gasteiger partial charge in [-0.15, -0.1) is 11.3 Å². The van der Waals surface area contributed by atoms with Crippen molar-refractivity contribution >= 4 is 17.1 Å². The van der Waals surface area contributed by atoms with Crippen LogP contribution in [0.4, 0.5) is 0 Å². The van der Waals surface area contributed by atoms with Crippen LogP contribution in [0.15, 0.2) is 24.1 Å². The Morgan fingerprint density at radius 1 is 1.40 bits per heavy atom. The van der Waals surface area contributed by atoms with E-state index in [0.717, 1.165) is 5.01 Å². The molecule has 2 heterocycles. The summed E-state index contributed by atoms with van der Waals surface area (Å²) < 4.78 is 0. The molecule has 0 radical (unpaired) electrons. The zero-order valence-corrected chi connectivity index (χ0v) is 8.57. The summed E-state index contributed by atoms with van der Waals surface area (Å²) in [6.45, 7) is 0.350. The van der Waals surface area contributed by atoms with Crippen LogP contribution in [-0.2, 0) is 6.54 Å². The van der Waals surface area contributed by atoms with Gasteiger partial charge >= 0.3 is 0 Å². The fourth-order valence-electron chi connectivity index (χ4n) is 1.07. The predicted octanol–water partition coefficient (Wildman–Crippen LogP) is 0.623. The van der Waals surface area contributed by atoms with Crippen LogP contribution in [0.5, 0.6) is 0 Å². The number of aromatic nitrogens is 3. The van der Waals surface area contributed by atoms with Crippen molar-refractivity contribution in [2.24, 2.45) is 5.73 Å². The van der Waals surface area contributed by atoms with E-state index in [4.69, 9.17) is 5.73 Å². The summed E-state index contributed by atoms with van der Waals surface area (Å²) in [6, 6.07) is 0. The minimum absolute atomic E-state index is 0.174. The summed E-state index contributed by atoms with van der Waals surface area (Å²) in [5, 5.41) is 2.44. The van der Waals surface area contributed by atoms with E-state index in [2.05, 4.69) is 15.0 Å². The van der Waals surface area contributed by atoms with Gasteiger partial charge in [0.15, 0.2) is 0 Å². The Balaban J connectivity index is 2.29. The molecule has 6 heteroatoms. The van der Waals surface area contributed by atoms with Crippen molar-refractivity contribution in [2.75, 3.05) is 0 Å². The standard InChI is InChI=1S/C9H8N4OS/c10-1-8-13-7(4-15-8)9(14)6-2-11-5-12-3-6/h2-5H,1,10H2. The lowest BCUT2D eigenvalue weighted by Gasteiger charge is -1.94. The summed E-state index contributed by atoms with van der Waals surface area (Å²) in [7, 11) is 0. The highest BCUT2D eigenvalue weighted by atomic mass is 32.1. The van der Waals surface area contributed by atoms with E-state index in [9.17, 15) is 4.79 Å². The molecule has 0 fully saturated rings. The second kappa shape index (κ2) is 4.24. The molecular weight excluding hydrogens is 212 g/mol. The zero-order chi connectivity index (χ0) is 10.7. The highest BCUT2D eigenvalue weighted by molar-refractivity contribution is 7.09. The van der Waals surface area contributed by atoms with Crippen molar-refractivity contribution < 1.29 is 4.79 Å². The van der Waals surface area contributed by atoms with Gasteiger partial charge < -0.3 is 5.73 Å². The molecule has 0 spiro atoms. The summed E-state index contributed by atoms with van der Waals surface area (Å²) in [4.78, 5) is 23.4. The van der Waals surface area contributed by atoms with Crippen LogP contribution < -0.4 is 5.73 Å². The second-order valence-electron chi connectivity index (χ2n) is 2.79. The lowest BCUT2D eigenvalue weighted by molar-refractivity contribution is 0.103. The molecule has 2 aromatic rings. The van der Waals surface area contributed by atoms with Gasteiger partial charge in [-0.05, 0) is 0 Å². The number of thiazole rings is 1. The van der Waals surface area contributed by atoms with Crippen LogP contribution in [0.3, 0.4) is 0 Å². The van der Waals surface area contributed by atoms with Crippen molar-refractivity contribution in [1.82, 2.24) is 15.0 Å². The number of ketones is 1. The smallest absolute Gasteiger partial charge is 0.215 e. The molecule has 0 saturated heterocycles. The molecule has 0 atom stereocenters. The Labute approximate surface area is 90.0 Å². The van der Waals surface area contributed by atoms with Crippen molar-refractivity contribution in [3.8, 4) is 0 Å². The van der Waals surface area contributed by atoms with Crippen LogP contribution in [0.1, 0.15) is 21.1 Å². The molecule has 0 bridgehead atoms. The fourth-order valence-corrected chi connectivity index (χ4v) is 1.73. The molecule has 2 rings (SSSR count). The molecular formula is C9H8N4OS. The van der Waals surface area contributed by atoms with Gasteiger partial charge in [-0.3, -0.25) is 4.79 Å². The zero-order valence-electron chi connectivity index (χ0n) is 7.75. The molecule has 2 aromatic heterocycles. The highest BCUT2D eigenvalue weighted by Crippen LogP contribution is 2.12. The topological polar surface area (TPSA) is 81.8 Å². The third-order valence-corrected chi connectivity index (χ3v) is 2.65. The number of carbonyl (C=O) groups excluding carboxylic acids is 1. The molecule has 15 heavy (non-hydrogen) atoms. The molecule has 76 valence electrons. The Bertz CT molecular complexity index is 468. The maximum absolute atomic E-state index is 11.8. The molecule has 0 aromatic carbocycles.